The predicted octanol–water partition coefficient (Wildman–Crippen LogP) is 3.21. The van der Waals surface area contributed by atoms with E-state index in [0.717, 1.165) is 11.3 Å². The van der Waals surface area contributed by atoms with Crippen LogP contribution in [0.3, 0.4) is 0 Å². The Kier molecular flexibility index (Phi) is 6.80. The molecule has 0 amide bonds. The Morgan fingerprint density at radius 3 is 2.71 bits per heavy atom. The fourth-order valence-corrected chi connectivity index (χ4v) is 5.92. The number of carbonyl (C=O) groups is 1. The molecule has 0 aliphatic carbocycles. The molecular weight excluding hydrogens is 582 g/mol. The van der Waals surface area contributed by atoms with Crippen LogP contribution in [0.5, 0.6) is 17.2 Å². The highest BCUT2D eigenvalue weighted by Crippen LogP contribution is 2.38. The SMILES string of the molecule is CCOC(=O)C1=C(C)N=c2s/c(=C/c3cc4c(cc3[N+](=O)[O-])OCO4)c(=O)n2[C@H]1c1ccc(OC)c(Br)c1. The Labute approximate surface area is 227 Å². The smallest absolute Gasteiger partial charge is 0.338 e. The second-order valence-corrected chi connectivity index (χ2v) is 10.1. The van der Waals surface area contributed by atoms with E-state index >= 15 is 0 Å². The van der Waals surface area contributed by atoms with E-state index in [2.05, 4.69) is 20.9 Å². The number of benzene rings is 2. The number of allylic oxidation sites excluding steroid dienone is 1. The van der Waals surface area contributed by atoms with Crippen LogP contribution < -0.4 is 29.1 Å². The van der Waals surface area contributed by atoms with Crippen molar-refractivity contribution in [2.24, 2.45) is 4.99 Å². The number of carbonyl (C=O) groups excluding carboxylic acids is 1. The van der Waals surface area contributed by atoms with Crippen LogP contribution >= 0.6 is 27.3 Å². The first-order valence-corrected chi connectivity index (χ1v) is 13.0. The molecule has 2 aliphatic heterocycles. The predicted molar refractivity (Wildman–Crippen MR) is 140 cm³/mol. The molecule has 0 N–H and O–H groups in total. The number of rotatable bonds is 6. The van der Waals surface area contributed by atoms with E-state index in [4.69, 9.17) is 18.9 Å². The summed E-state index contributed by atoms with van der Waals surface area (Å²) >= 11 is 4.54. The highest BCUT2D eigenvalue weighted by atomic mass is 79.9. The van der Waals surface area contributed by atoms with E-state index in [1.807, 2.05) is 0 Å². The Morgan fingerprint density at radius 2 is 2.05 bits per heavy atom. The molecule has 3 heterocycles. The van der Waals surface area contributed by atoms with Crippen LogP contribution in [0.15, 0.2) is 55.9 Å². The minimum Gasteiger partial charge on any atom is -0.496 e. The third-order valence-corrected chi connectivity index (χ3v) is 7.62. The van der Waals surface area contributed by atoms with Crippen molar-refractivity contribution in [3.05, 3.63) is 87.0 Å². The zero-order valence-corrected chi connectivity index (χ0v) is 22.8. The van der Waals surface area contributed by atoms with Gasteiger partial charge in [-0.2, -0.15) is 0 Å². The molecule has 0 unspecified atom stereocenters. The Hall–Kier alpha value is -3.97. The molecular formula is C25H20BrN3O8S. The quantitative estimate of drug-likeness (QED) is 0.239. The van der Waals surface area contributed by atoms with Gasteiger partial charge in [0.15, 0.2) is 16.3 Å². The molecule has 0 saturated carbocycles. The highest BCUT2D eigenvalue weighted by molar-refractivity contribution is 9.10. The number of thiazole rings is 1. The fourth-order valence-electron chi connectivity index (χ4n) is 4.32. The summed E-state index contributed by atoms with van der Waals surface area (Å²) in [5.74, 6) is 0.590. The van der Waals surface area contributed by atoms with Crippen LogP contribution in [-0.4, -0.2) is 36.0 Å². The minimum atomic E-state index is -0.846. The molecule has 5 rings (SSSR count). The zero-order chi connectivity index (χ0) is 27.1. The average molecular weight is 602 g/mol. The number of hydrogen-bond donors (Lipinski definition) is 0. The Balaban J connectivity index is 1.74. The van der Waals surface area contributed by atoms with Crippen molar-refractivity contribution in [1.82, 2.24) is 4.57 Å². The van der Waals surface area contributed by atoms with E-state index in [1.165, 1.54) is 29.9 Å². The van der Waals surface area contributed by atoms with Gasteiger partial charge in [-0.25, -0.2) is 9.79 Å². The van der Waals surface area contributed by atoms with Crippen molar-refractivity contribution in [3.63, 3.8) is 0 Å². The topological polar surface area (TPSA) is 131 Å². The van der Waals surface area contributed by atoms with Gasteiger partial charge in [0.25, 0.3) is 11.2 Å². The molecule has 38 heavy (non-hydrogen) atoms. The second-order valence-electron chi connectivity index (χ2n) is 8.22. The van der Waals surface area contributed by atoms with E-state index < -0.39 is 22.5 Å². The Morgan fingerprint density at radius 1 is 1.32 bits per heavy atom. The number of esters is 1. The zero-order valence-electron chi connectivity index (χ0n) is 20.3. The van der Waals surface area contributed by atoms with Crippen LogP contribution in [0, 0.1) is 10.1 Å². The van der Waals surface area contributed by atoms with Crippen molar-refractivity contribution in [2.45, 2.75) is 19.9 Å². The van der Waals surface area contributed by atoms with E-state index in [0.29, 0.717) is 32.0 Å². The van der Waals surface area contributed by atoms with Gasteiger partial charge in [0.2, 0.25) is 6.79 Å². The number of methoxy groups -OCH3 is 1. The van der Waals surface area contributed by atoms with Crippen molar-refractivity contribution in [2.75, 3.05) is 20.5 Å². The van der Waals surface area contributed by atoms with Gasteiger partial charge >= 0.3 is 5.97 Å². The molecule has 13 heteroatoms. The lowest BCUT2D eigenvalue weighted by atomic mass is 9.96. The van der Waals surface area contributed by atoms with E-state index in [9.17, 15) is 19.7 Å². The second kappa shape index (κ2) is 10.1. The molecule has 2 aliphatic rings. The average Bonchev–Trinajstić information content (AvgIpc) is 3.46. The fraction of sp³-hybridized carbons (Fsp3) is 0.240. The number of nitrogens with zero attached hydrogens (tertiary/aromatic N) is 3. The monoisotopic (exact) mass is 601 g/mol. The first-order chi connectivity index (χ1) is 18.2. The standard InChI is InChI=1S/C25H20BrN3O8S/c1-4-35-24(31)21-12(2)27-25-28(22(21)13-5-6-17(34-3)15(26)7-13)23(30)20(38-25)9-14-8-18-19(37-11-36-18)10-16(14)29(32)33/h5-10,22H,4,11H2,1-3H3/b20-9+/t22-/m0/s1. The number of ether oxygens (including phenoxy) is 4. The van der Waals surface area contributed by atoms with Gasteiger partial charge in [0, 0.05) is 0 Å². The van der Waals surface area contributed by atoms with Gasteiger partial charge in [0.1, 0.15) is 5.75 Å². The summed E-state index contributed by atoms with van der Waals surface area (Å²) in [6.45, 7) is 3.47. The largest absolute Gasteiger partial charge is 0.496 e. The number of hydrogen-bond acceptors (Lipinski definition) is 10. The summed E-state index contributed by atoms with van der Waals surface area (Å²) in [7, 11) is 1.53. The normalized spacial score (nSPS) is 16.2. The van der Waals surface area contributed by atoms with Crippen LogP contribution in [0.4, 0.5) is 5.69 Å². The van der Waals surface area contributed by atoms with E-state index in [-0.39, 0.29) is 40.5 Å². The molecule has 2 aromatic carbocycles. The molecule has 1 atom stereocenters. The van der Waals surface area contributed by atoms with E-state index in [1.54, 1.807) is 32.0 Å². The molecule has 11 nitrogen and oxygen atoms in total. The Bertz CT molecular complexity index is 1710. The number of halogens is 1. The summed E-state index contributed by atoms with van der Waals surface area (Å²) in [4.78, 5) is 42.9. The molecule has 0 spiro atoms. The maximum Gasteiger partial charge on any atom is 0.338 e. The molecule has 0 bridgehead atoms. The summed E-state index contributed by atoms with van der Waals surface area (Å²) in [6.07, 6.45) is 1.42. The lowest BCUT2D eigenvalue weighted by Crippen LogP contribution is -2.40. The number of fused-ring (bicyclic) bond motifs is 2. The van der Waals surface area contributed by atoms with Crippen LogP contribution in [0.2, 0.25) is 0 Å². The third-order valence-electron chi connectivity index (χ3n) is 6.01. The molecule has 0 saturated heterocycles. The third kappa shape index (κ3) is 4.37. The van der Waals surface area contributed by atoms with Gasteiger partial charge in [-0.1, -0.05) is 17.4 Å². The van der Waals surface area contributed by atoms with Crippen LogP contribution in [0.1, 0.15) is 31.0 Å². The first-order valence-electron chi connectivity index (χ1n) is 11.3. The summed E-state index contributed by atoms with van der Waals surface area (Å²) in [6, 6.07) is 7.13. The van der Waals surface area contributed by atoms with Crippen molar-refractivity contribution in [1.29, 1.82) is 0 Å². The molecule has 0 fully saturated rings. The molecule has 0 radical (unpaired) electrons. The molecule has 1 aromatic heterocycles. The van der Waals surface area contributed by atoms with Gasteiger partial charge in [0.05, 0.1) is 56.6 Å². The lowest BCUT2D eigenvalue weighted by Gasteiger charge is -2.25. The maximum atomic E-state index is 13.8. The molecule has 196 valence electrons. The van der Waals surface area contributed by atoms with Gasteiger partial charge < -0.3 is 18.9 Å². The number of nitro benzene ring substituents is 1. The van der Waals surface area contributed by atoms with Crippen LogP contribution in [-0.2, 0) is 9.53 Å². The molecule has 3 aromatic rings. The van der Waals surface area contributed by atoms with Gasteiger partial charge in [-0.05, 0) is 59.6 Å². The minimum absolute atomic E-state index is 0.0501. The summed E-state index contributed by atoms with van der Waals surface area (Å²) in [5.41, 5.74) is 0.719. The number of nitro groups is 1. The van der Waals surface area contributed by atoms with Crippen molar-refractivity contribution >= 4 is 45.0 Å². The van der Waals surface area contributed by atoms with Crippen molar-refractivity contribution in [3.8, 4) is 17.2 Å². The van der Waals surface area contributed by atoms with Gasteiger partial charge in [-0.15, -0.1) is 0 Å². The van der Waals surface area contributed by atoms with Crippen LogP contribution in [0.25, 0.3) is 6.08 Å². The maximum absolute atomic E-state index is 13.8. The summed E-state index contributed by atoms with van der Waals surface area (Å²) in [5, 5.41) is 11.8. The summed E-state index contributed by atoms with van der Waals surface area (Å²) < 4.78 is 23.5. The first kappa shape index (κ1) is 25.7. The number of aromatic nitrogens is 1. The van der Waals surface area contributed by atoms with Crippen molar-refractivity contribution < 1.29 is 28.7 Å². The van der Waals surface area contributed by atoms with Gasteiger partial charge in [-0.3, -0.25) is 19.5 Å². The highest BCUT2D eigenvalue weighted by Gasteiger charge is 2.34. The lowest BCUT2D eigenvalue weighted by molar-refractivity contribution is -0.385.